The molecule has 32 heavy (non-hydrogen) atoms. The Morgan fingerprint density at radius 3 is 2.59 bits per heavy atom. The van der Waals surface area contributed by atoms with Gasteiger partial charge in [0.15, 0.2) is 0 Å². The molecule has 1 N–H and O–H groups in total. The zero-order chi connectivity index (χ0) is 22.5. The number of hydrogen-bond acceptors (Lipinski definition) is 5. The molecule has 0 radical (unpaired) electrons. The number of carbonyl (C=O) groups is 2. The first-order valence-electron chi connectivity index (χ1n) is 11.3. The summed E-state index contributed by atoms with van der Waals surface area (Å²) in [6.07, 6.45) is 2.38. The van der Waals surface area contributed by atoms with Crippen molar-refractivity contribution in [2.45, 2.75) is 19.3 Å². The van der Waals surface area contributed by atoms with Crippen molar-refractivity contribution >= 4 is 23.2 Å². The molecule has 7 heteroatoms. The first-order valence-corrected chi connectivity index (χ1v) is 11.3. The Kier molecular flexibility index (Phi) is 6.95. The number of methoxy groups -OCH3 is 1. The Morgan fingerprint density at radius 2 is 1.81 bits per heavy atom. The van der Waals surface area contributed by atoms with Crippen molar-refractivity contribution in [1.29, 1.82) is 0 Å². The quantitative estimate of drug-likeness (QED) is 0.645. The van der Waals surface area contributed by atoms with Gasteiger partial charge in [-0.3, -0.25) is 14.5 Å². The highest BCUT2D eigenvalue weighted by molar-refractivity contribution is 6.03. The molecule has 0 unspecified atom stereocenters. The zero-order valence-electron chi connectivity index (χ0n) is 19.0. The Morgan fingerprint density at radius 1 is 1.03 bits per heavy atom. The summed E-state index contributed by atoms with van der Waals surface area (Å²) in [5.41, 5.74) is 3.62. The number of rotatable bonds is 8. The summed E-state index contributed by atoms with van der Waals surface area (Å²) in [6, 6.07) is 13.7. The molecule has 2 aliphatic heterocycles. The van der Waals surface area contributed by atoms with Gasteiger partial charge in [0, 0.05) is 51.0 Å². The van der Waals surface area contributed by atoms with Gasteiger partial charge in [0.25, 0.3) is 5.91 Å². The number of ether oxygens (including phenoxy) is 1. The number of anilines is 2. The topological polar surface area (TPSA) is 65.1 Å². The highest BCUT2D eigenvalue weighted by Crippen LogP contribution is 2.29. The average Bonchev–Trinajstić information content (AvgIpc) is 3.11. The van der Waals surface area contributed by atoms with Gasteiger partial charge in [-0.05, 0) is 55.3 Å². The van der Waals surface area contributed by atoms with Crippen LogP contribution in [0, 0.1) is 0 Å². The Hall–Kier alpha value is -3.06. The van der Waals surface area contributed by atoms with E-state index in [0.717, 1.165) is 62.6 Å². The van der Waals surface area contributed by atoms with Crippen LogP contribution in [0.15, 0.2) is 42.5 Å². The molecule has 0 spiro atoms. The molecule has 0 atom stereocenters. The standard InChI is InChI=1S/C25H32N4O3/c1-27-21-10-9-19(17-20(21)18-24(27)30)25(31)26-11-5-6-12-28-13-15-29(16-14-28)22-7-3-4-8-23(22)32-2/h3-4,7-10,17H,5-6,11-16,18H2,1-2H3,(H,26,31). The molecular formula is C25H32N4O3. The second-order valence-corrected chi connectivity index (χ2v) is 8.44. The second-order valence-electron chi connectivity index (χ2n) is 8.44. The van der Waals surface area contributed by atoms with Crippen LogP contribution in [0.2, 0.25) is 0 Å². The van der Waals surface area contributed by atoms with Gasteiger partial charge in [-0.1, -0.05) is 12.1 Å². The molecule has 2 aromatic rings. The summed E-state index contributed by atoms with van der Waals surface area (Å²) >= 11 is 0. The monoisotopic (exact) mass is 436 g/mol. The molecule has 0 bridgehead atoms. The van der Waals surface area contributed by atoms with Crippen LogP contribution in [0.1, 0.15) is 28.8 Å². The van der Waals surface area contributed by atoms with Crippen LogP contribution >= 0.6 is 0 Å². The number of piperazine rings is 1. The fourth-order valence-corrected chi connectivity index (χ4v) is 4.48. The van der Waals surface area contributed by atoms with E-state index in [1.807, 2.05) is 24.3 Å². The van der Waals surface area contributed by atoms with Crippen molar-refractivity contribution in [3.8, 4) is 5.75 Å². The maximum atomic E-state index is 12.5. The van der Waals surface area contributed by atoms with Gasteiger partial charge in [-0.2, -0.15) is 0 Å². The van der Waals surface area contributed by atoms with Gasteiger partial charge >= 0.3 is 0 Å². The molecule has 2 aromatic carbocycles. The van der Waals surface area contributed by atoms with Gasteiger partial charge in [-0.15, -0.1) is 0 Å². The van der Waals surface area contributed by atoms with Crippen molar-refractivity contribution < 1.29 is 14.3 Å². The van der Waals surface area contributed by atoms with Crippen LogP contribution in [-0.4, -0.2) is 70.1 Å². The van der Waals surface area contributed by atoms with Crippen LogP contribution in [0.4, 0.5) is 11.4 Å². The van der Waals surface area contributed by atoms with Gasteiger partial charge < -0.3 is 19.9 Å². The van der Waals surface area contributed by atoms with E-state index in [2.05, 4.69) is 27.2 Å². The Bertz CT molecular complexity index is 969. The molecule has 0 aromatic heterocycles. The maximum Gasteiger partial charge on any atom is 0.251 e. The van der Waals surface area contributed by atoms with Crippen LogP contribution in [0.3, 0.4) is 0 Å². The average molecular weight is 437 g/mol. The molecule has 0 saturated carbocycles. The summed E-state index contributed by atoms with van der Waals surface area (Å²) in [4.78, 5) is 30.8. The summed E-state index contributed by atoms with van der Waals surface area (Å²) in [5.74, 6) is 0.931. The number of nitrogens with one attached hydrogen (secondary N) is 1. The van der Waals surface area contributed by atoms with E-state index in [-0.39, 0.29) is 11.8 Å². The highest BCUT2D eigenvalue weighted by Gasteiger charge is 2.24. The fraction of sp³-hybridized carbons (Fsp3) is 0.440. The fourth-order valence-electron chi connectivity index (χ4n) is 4.48. The molecular weight excluding hydrogens is 404 g/mol. The molecule has 2 amide bonds. The van der Waals surface area contributed by atoms with E-state index in [4.69, 9.17) is 4.74 Å². The lowest BCUT2D eigenvalue weighted by atomic mass is 10.1. The van der Waals surface area contributed by atoms with E-state index in [1.165, 1.54) is 5.69 Å². The van der Waals surface area contributed by atoms with E-state index in [1.54, 1.807) is 25.1 Å². The number of nitrogens with zero attached hydrogens (tertiary/aromatic N) is 3. The maximum absolute atomic E-state index is 12.5. The summed E-state index contributed by atoms with van der Waals surface area (Å²) in [5, 5.41) is 3.01. The van der Waals surface area contributed by atoms with Gasteiger partial charge in [0.1, 0.15) is 5.75 Å². The molecule has 170 valence electrons. The zero-order valence-corrected chi connectivity index (χ0v) is 19.0. The molecule has 0 aliphatic carbocycles. The van der Waals surface area contributed by atoms with Crippen molar-refractivity contribution in [2.75, 3.05) is 63.2 Å². The lowest BCUT2D eigenvalue weighted by molar-refractivity contribution is -0.117. The molecule has 2 aliphatic rings. The van der Waals surface area contributed by atoms with Gasteiger partial charge in [0.05, 0.1) is 19.2 Å². The number of benzene rings is 2. The van der Waals surface area contributed by atoms with Crippen molar-refractivity contribution in [3.05, 3.63) is 53.6 Å². The van der Waals surface area contributed by atoms with E-state index in [0.29, 0.717) is 18.5 Å². The molecule has 1 saturated heterocycles. The molecule has 1 fully saturated rings. The number of fused-ring (bicyclic) bond motifs is 1. The van der Waals surface area contributed by atoms with Gasteiger partial charge in [-0.25, -0.2) is 0 Å². The normalized spacial score (nSPS) is 16.2. The third-order valence-electron chi connectivity index (χ3n) is 6.40. The van der Waals surface area contributed by atoms with Crippen molar-refractivity contribution in [3.63, 3.8) is 0 Å². The van der Waals surface area contributed by atoms with E-state index < -0.39 is 0 Å². The number of likely N-dealkylation sites (N-methyl/N-ethyl adjacent to an activating group) is 1. The predicted molar refractivity (Wildman–Crippen MR) is 127 cm³/mol. The summed E-state index contributed by atoms with van der Waals surface area (Å²) < 4.78 is 5.49. The Labute approximate surface area is 189 Å². The SMILES string of the molecule is COc1ccccc1N1CCN(CCCCNC(=O)c2ccc3c(c2)CC(=O)N3C)CC1. The highest BCUT2D eigenvalue weighted by atomic mass is 16.5. The second kappa shape index (κ2) is 10.0. The number of unbranched alkanes of at least 4 members (excludes halogenated alkanes) is 1. The minimum atomic E-state index is -0.0692. The van der Waals surface area contributed by atoms with E-state index >= 15 is 0 Å². The van der Waals surface area contributed by atoms with Crippen molar-refractivity contribution in [1.82, 2.24) is 10.2 Å². The minimum Gasteiger partial charge on any atom is -0.495 e. The predicted octanol–water partition coefficient (Wildman–Crippen LogP) is 2.55. The lowest BCUT2D eigenvalue weighted by Gasteiger charge is -2.36. The van der Waals surface area contributed by atoms with Gasteiger partial charge in [0.2, 0.25) is 5.91 Å². The lowest BCUT2D eigenvalue weighted by Crippen LogP contribution is -2.46. The van der Waals surface area contributed by atoms with Crippen LogP contribution in [-0.2, 0) is 11.2 Å². The largest absolute Gasteiger partial charge is 0.495 e. The third-order valence-corrected chi connectivity index (χ3v) is 6.40. The summed E-state index contributed by atoms with van der Waals surface area (Å²) in [7, 11) is 3.49. The molecule has 7 nitrogen and oxygen atoms in total. The Balaban J connectivity index is 1.15. The number of para-hydroxylation sites is 2. The third kappa shape index (κ3) is 4.88. The number of carbonyl (C=O) groups excluding carboxylic acids is 2. The van der Waals surface area contributed by atoms with E-state index in [9.17, 15) is 9.59 Å². The van der Waals surface area contributed by atoms with Crippen LogP contribution in [0.5, 0.6) is 5.75 Å². The molecule has 2 heterocycles. The first-order chi connectivity index (χ1) is 15.6. The van der Waals surface area contributed by atoms with Crippen LogP contribution in [0.25, 0.3) is 0 Å². The van der Waals surface area contributed by atoms with Crippen molar-refractivity contribution in [2.24, 2.45) is 0 Å². The number of amides is 2. The summed E-state index contributed by atoms with van der Waals surface area (Å²) in [6.45, 7) is 5.76. The van der Waals surface area contributed by atoms with Crippen LogP contribution < -0.4 is 19.9 Å². The smallest absolute Gasteiger partial charge is 0.251 e. The number of hydrogen-bond donors (Lipinski definition) is 1. The first kappa shape index (κ1) is 22.1. The molecule has 4 rings (SSSR count). The minimum absolute atomic E-state index is 0.0692.